The van der Waals surface area contributed by atoms with Crippen LogP contribution in [0.3, 0.4) is 0 Å². The Morgan fingerprint density at radius 1 is 1.06 bits per heavy atom. The normalized spacial score (nSPS) is 10.9. The maximum Gasteiger partial charge on any atom is 0.253 e. The summed E-state index contributed by atoms with van der Waals surface area (Å²) in [6, 6.07) is 15.1. The molecule has 2 aromatic carbocycles. The van der Waals surface area contributed by atoms with Gasteiger partial charge >= 0.3 is 0 Å². The molecular formula is C23H28N4O3S. The Balaban J connectivity index is 1.89. The van der Waals surface area contributed by atoms with Gasteiger partial charge in [-0.3, -0.25) is 4.79 Å². The van der Waals surface area contributed by atoms with E-state index in [1.165, 1.54) is 0 Å². The van der Waals surface area contributed by atoms with E-state index in [0.717, 1.165) is 28.9 Å². The maximum atomic E-state index is 12.7. The molecule has 0 aliphatic carbocycles. The molecule has 0 radical (unpaired) electrons. The Bertz CT molecular complexity index is 1110. The van der Waals surface area contributed by atoms with Gasteiger partial charge in [0.2, 0.25) is 0 Å². The average Bonchev–Trinajstić information content (AvgIpc) is 2.76. The van der Waals surface area contributed by atoms with Crippen molar-refractivity contribution >= 4 is 33.9 Å². The van der Waals surface area contributed by atoms with Gasteiger partial charge in [0.15, 0.2) is 5.11 Å². The van der Waals surface area contributed by atoms with Crippen LogP contribution in [0.5, 0.6) is 11.5 Å². The molecule has 0 aliphatic rings. The number of hydrogen-bond donors (Lipinski definition) is 2. The number of H-pyrrole nitrogens is 1. The van der Waals surface area contributed by atoms with E-state index in [4.69, 9.17) is 21.7 Å². The third-order valence-electron chi connectivity index (χ3n) is 4.94. The highest BCUT2D eigenvalue weighted by Gasteiger charge is 2.15. The van der Waals surface area contributed by atoms with E-state index in [1.54, 1.807) is 14.2 Å². The SMILES string of the molecule is COc1ccc2[nH]c(=O)c(CN(CCN(C)C)C(=S)Nc3ccccc3OC)cc2c1. The minimum absolute atomic E-state index is 0.132. The first-order valence-electron chi connectivity index (χ1n) is 9.95. The first-order chi connectivity index (χ1) is 14.9. The Hall–Kier alpha value is -3.10. The van der Waals surface area contributed by atoms with E-state index in [0.29, 0.717) is 29.5 Å². The molecule has 0 amide bonds. The smallest absolute Gasteiger partial charge is 0.253 e. The summed E-state index contributed by atoms with van der Waals surface area (Å²) in [5, 5.41) is 4.69. The molecule has 0 bridgehead atoms. The van der Waals surface area contributed by atoms with Gasteiger partial charge in [-0.2, -0.15) is 0 Å². The first kappa shape index (κ1) is 22.6. The van der Waals surface area contributed by atoms with Crippen molar-refractivity contribution in [1.82, 2.24) is 14.8 Å². The number of nitrogens with zero attached hydrogens (tertiary/aromatic N) is 2. The lowest BCUT2D eigenvalue weighted by molar-refractivity contribution is 0.327. The van der Waals surface area contributed by atoms with Crippen molar-refractivity contribution in [3.8, 4) is 11.5 Å². The Kier molecular flexibility index (Phi) is 7.49. The molecule has 1 heterocycles. The van der Waals surface area contributed by atoms with Crippen LogP contribution in [-0.2, 0) is 6.54 Å². The second kappa shape index (κ2) is 10.3. The molecule has 0 aliphatic heterocycles. The third kappa shape index (κ3) is 5.74. The van der Waals surface area contributed by atoms with Gasteiger partial charge in [-0.05, 0) is 62.7 Å². The van der Waals surface area contributed by atoms with Crippen LogP contribution in [0.25, 0.3) is 10.9 Å². The van der Waals surface area contributed by atoms with Crippen molar-refractivity contribution < 1.29 is 9.47 Å². The van der Waals surface area contributed by atoms with Gasteiger partial charge in [-0.15, -0.1) is 0 Å². The molecule has 0 spiro atoms. The van der Waals surface area contributed by atoms with E-state index >= 15 is 0 Å². The van der Waals surface area contributed by atoms with Crippen molar-refractivity contribution in [1.29, 1.82) is 0 Å². The molecule has 0 unspecified atom stereocenters. The number of pyridine rings is 1. The average molecular weight is 441 g/mol. The van der Waals surface area contributed by atoms with Crippen molar-refractivity contribution in [2.45, 2.75) is 6.54 Å². The highest BCUT2D eigenvalue weighted by molar-refractivity contribution is 7.80. The predicted molar refractivity (Wildman–Crippen MR) is 129 cm³/mol. The summed E-state index contributed by atoms with van der Waals surface area (Å²) < 4.78 is 10.7. The van der Waals surface area contributed by atoms with Crippen LogP contribution in [-0.4, -0.2) is 61.3 Å². The summed E-state index contributed by atoms with van der Waals surface area (Å²) in [6.07, 6.45) is 0. The summed E-state index contributed by atoms with van der Waals surface area (Å²) in [5.41, 5.74) is 2.04. The highest BCUT2D eigenvalue weighted by atomic mass is 32.1. The van der Waals surface area contributed by atoms with E-state index < -0.39 is 0 Å². The summed E-state index contributed by atoms with van der Waals surface area (Å²) in [7, 11) is 7.25. The lowest BCUT2D eigenvalue weighted by atomic mass is 10.1. The second-order valence-corrected chi connectivity index (χ2v) is 7.82. The predicted octanol–water partition coefficient (Wildman–Crippen LogP) is 3.31. The molecule has 7 nitrogen and oxygen atoms in total. The highest BCUT2D eigenvalue weighted by Crippen LogP contribution is 2.24. The topological polar surface area (TPSA) is 69.8 Å². The van der Waals surface area contributed by atoms with Gasteiger partial charge in [-0.25, -0.2) is 0 Å². The van der Waals surface area contributed by atoms with E-state index in [-0.39, 0.29) is 5.56 Å². The zero-order chi connectivity index (χ0) is 22.4. The number of thiocarbonyl (C=S) groups is 1. The number of benzene rings is 2. The summed E-state index contributed by atoms with van der Waals surface area (Å²) in [5.74, 6) is 1.44. The molecule has 1 aromatic heterocycles. The van der Waals surface area contributed by atoms with Crippen molar-refractivity contribution in [2.75, 3.05) is 46.7 Å². The number of aromatic nitrogens is 1. The van der Waals surface area contributed by atoms with Gasteiger partial charge in [0.1, 0.15) is 11.5 Å². The molecule has 31 heavy (non-hydrogen) atoms. The fourth-order valence-corrected chi connectivity index (χ4v) is 3.46. The monoisotopic (exact) mass is 440 g/mol. The van der Waals surface area contributed by atoms with Crippen LogP contribution in [0.15, 0.2) is 53.3 Å². The summed E-state index contributed by atoms with van der Waals surface area (Å²) in [4.78, 5) is 19.8. The third-order valence-corrected chi connectivity index (χ3v) is 5.30. The van der Waals surface area contributed by atoms with Gasteiger partial charge in [-0.1, -0.05) is 12.1 Å². The van der Waals surface area contributed by atoms with Crippen LogP contribution in [0.2, 0.25) is 0 Å². The molecular weight excluding hydrogens is 412 g/mol. The van der Waals surface area contributed by atoms with E-state index in [1.807, 2.05) is 67.5 Å². The van der Waals surface area contributed by atoms with Crippen molar-refractivity contribution in [3.05, 3.63) is 64.4 Å². The van der Waals surface area contributed by atoms with Gasteiger partial charge < -0.3 is 29.6 Å². The number of hydrogen-bond acceptors (Lipinski definition) is 5. The quantitative estimate of drug-likeness (QED) is 0.521. The number of likely N-dealkylation sites (N-methyl/N-ethyl adjacent to an activating group) is 1. The Morgan fingerprint density at radius 2 is 1.84 bits per heavy atom. The minimum atomic E-state index is -0.132. The Morgan fingerprint density at radius 3 is 2.55 bits per heavy atom. The largest absolute Gasteiger partial charge is 0.497 e. The lowest BCUT2D eigenvalue weighted by Crippen LogP contribution is -2.40. The Labute approximate surface area is 187 Å². The number of aromatic amines is 1. The van der Waals surface area contributed by atoms with Crippen molar-refractivity contribution in [3.63, 3.8) is 0 Å². The number of rotatable bonds is 8. The van der Waals surface area contributed by atoms with Crippen molar-refractivity contribution in [2.24, 2.45) is 0 Å². The molecule has 0 fully saturated rings. The number of para-hydroxylation sites is 2. The minimum Gasteiger partial charge on any atom is -0.497 e. The van der Waals surface area contributed by atoms with Gasteiger partial charge in [0.25, 0.3) is 5.56 Å². The molecule has 0 saturated carbocycles. The standard InChI is InChI=1S/C23H28N4O3S/c1-26(2)11-12-27(23(31)25-20-7-5-6-8-21(20)30-4)15-17-13-16-14-18(29-3)9-10-19(16)24-22(17)28/h5-10,13-14H,11-12,15H2,1-4H3,(H,24,28)(H,25,31). The molecule has 3 aromatic rings. The van der Waals surface area contributed by atoms with Crippen LogP contribution in [0, 0.1) is 0 Å². The number of nitrogens with one attached hydrogen (secondary N) is 2. The van der Waals surface area contributed by atoms with Gasteiger partial charge in [0, 0.05) is 29.6 Å². The lowest BCUT2D eigenvalue weighted by Gasteiger charge is -2.27. The number of fused-ring (bicyclic) bond motifs is 1. The molecule has 164 valence electrons. The number of ether oxygens (including phenoxy) is 2. The number of methoxy groups -OCH3 is 2. The molecule has 2 N–H and O–H groups in total. The summed E-state index contributed by atoms with van der Waals surface area (Å²) >= 11 is 5.70. The van der Waals surface area contributed by atoms with E-state index in [2.05, 4.69) is 15.2 Å². The second-order valence-electron chi connectivity index (χ2n) is 7.43. The zero-order valence-corrected chi connectivity index (χ0v) is 19.1. The maximum absolute atomic E-state index is 12.7. The van der Waals surface area contributed by atoms with Crippen LogP contribution < -0.4 is 20.3 Å². The molecule has 3 rings (SSSR count). The number of anilines is 1. The summed E-state index contributed by atoms with van der Waals surface area (Å²) in [6.45, 7) is 1.81. The first-order valence-corrected chi connectivity index (χ1v) is 10.4. The molecule has 0 atom stereocenters. The van der Waals surface area contributed by atoms with Crippen LogP contribution in [0.1, 0.15) is 5.56 Å². The molecule has 0 saturated heterocycles. The fourth-order valence-electron chi connectivity index (χ4n) is 3.20. The van der Waals surface area contributed by atoms with Gasteiger partial charge in [0.05, 0.1) is 26.5 Å². The zero-order valence-electron chi connectivity index (χ0n) is 18.3. The van der Waals surface area contributed by atoms with Crippen LogP contribution >= 0.6 is 12.2 Å². The van der Waals surface area contributed by atoms with E-state index in [9.17, 15) is 4.79 Å². The molecule has 8 heteroatoms. The fraction of sp³-hybridized carbons (Fsp3) is 0.304. The van der Waals surface area contributed by atoms with Crippen LogP contribution in [0.4, 0.5) is 5.69 Å².